The van der Waals surface area contributed by atoms with Gasteiger partial charge in [0.25, 0.3) is 0 Å². The summed E-state index contributed by atoms with van der Waals surface area (Å²) in [7, 11) is 0. The third-order valence-corrected chi connectivity index (χ3v) is 2.98. The van der Waals surface area contributed by atoms with E-state index in [0.29, 0.717) is 13.1 Å². The summed E-state index contributed by atoms with van der Waals surface area (Å²) in [6.45, 7) is 1.18. The Morgan fingerprint density at radius 1 is 1.37 bits per heavy atom. The lowest BCUT2D eigenvalue weighted by molar-refractivity contribution is -0.137. The van der Waals surface area contributed by atoms with Crippen molar-refractivity contribution in [2.75, 3.05) is 25.0 Å². The van der Waals surface area contributed by atoms with Crippen LogP contribution in [0.25, 0.3) is 0 Å². The summed E-state index contributed by atoms with van der Waals surface area (Å²) in [5.74, 6) is -0.501. The first-order valence-electron chi connectivity index (χ1n) is 6.02. The standard InChI is InChI=1S/C12H14F3N3O/c13-12(14,15)9-4-3-5-16-11(9)17-8-10(19)18-6-1-2-7-18/h3-5H,1-2,6-8H2,(H,16,17). The summed E-state index contributed by atoms with van der Waals surface area (Å²) < 4.78 is 38.1. The molecule has 0 spiro atoms. The normalized spacial score (nSPS) is 15.6. The molecule has 1 aliphatic rings. The number of nitrogens with one attached hydrogen (secondary N) is 1. The highest BCUT2D eigenvalue weighted by atomic mass is 19.4. The molecule has 7 heteroatoms. The van der Waals surface area contributed by atoms with E-state index in [4.69, 9.17) is 0 Å². The van der Waals surface area contributed by atoms with Gasteiger partial charge in [-0.2, -0.15) is 13.2 Å². The van der Waals surface area contributed by atoms with Crippen LogP contribution in [0.2, 0.25) is 0 Å². The fourth-order valence-electron chi connectivity index (χ4n) is 2.01. The quantitative estimate of drug-likeness (QED) is 0.917. The number of aromatic nitrogens is 1. The van der Waals surface area contributed by atoms with Crippen molar-refractivity contribution in [3.8, 4) is 0 Å². The third kappa shape index (κ3) is 3.36. The zero-order valence-corrected chi connectivity index (χ0v) is 10.2. The Balaban J connectivity index is 2.01. The fraction of sp³-hybridized carbons (Fsp3) is 0.500. The van der Waals surface area contributed by atoms with E-state index in [1.807, 2.05) is 0 Å². The molecule has 1 amide bonds. The van der Waals surface area contributed by atoms with Crippen LogP contribution in [0, 0.1) is 0 Å². The number of nitrogens with zero attached hydrogens (tertiary/aromatic N) is 2. The highest BCUT2D eigenvalue weighted by molar-refractivity contribution is 5.81. The molecule has 104 valence electrons. The van der Waals surface area contributed by atoms with Gasteiger partial charge in [-0.1, -0.05) is 0 Å². The summed E-state index contributed by atoms with van der Waals surface area (Å²) in [4.78, 5) is 17.0. The molecule has 1 aliphatic heterocycles. The van der Waals surface area contributed by atoms with Gasteiger partial charge in [0.05, 0.1) is 12.1 Å². The Hall–Kier alpha value is -1.79. The summed E-state index contributed by atoms with van der Waals surface area (Å²) in [5.41, 5.74) is -0.857. The first-order valence-corrected chi connectivity index (χ1v) is 6.02. The Morgan fingerprint density at radius 3 is 2.68 bits per heavy atom. The van der Waals surface area contributed by atoms with E-state index in [2.05, 4.69) is 10.3 Å². The smallest absolute Gasteiger partial charge is 0.360 e. The molecule has 0 aromatic carbocycles. The lowest BCUT2D eigenvalue weighted by Crippen LogP contribution is -2.33. The van der Waals surface area contributed by atoms with E-state index >= 15 is 0 Å². The molecule has 1 aromatic heterocycles. The molecule has 1 saturated heterocycles. The molecule has 0 radical (unpaired) electrons. The summed E-state index contributed by atoms with van der Waals surface area (Å²) >= 11 is 0. The van der Waals surface area contributed by atoms with Crippen LogP contribution < -0.4 is 5.32 Å². The number of anilines is 1. The second-order valence-electron chi connectivity index (χ2n) is 4.34. The Kier molecular flexibility index (Phi) is 3.92. The zero-order chi connectivity index (χ0) is 13.9. The molecule has 0 aliphatic carbocycles. The van der Waals surface area contributed by atoms with Crippen LogP contribution in [0.3, 0.4) is 0 Å². The average Bonchev–Trinajstić information content (AvgIpc) is 2.89. The average molecular weight is 273 g/mol. The van der Waals surface area contributed by atoms with Crippen molar-refractivity contribution in [1.29, 1.82) is 0 Å². The molecular formula is C12H14F3N3O. The number of pyridine rings is 1. The van der Waals surface area contributed by atoms with Crippen molar-refractivity contribution in [3.63, 3.8) is 0 Å². The maximum atomic E-state index is 12.7. The van der Waals surface area contributed by atoms with Crippen molar-refractivity contribution in [3.05, 3.63) is 23.9 Å². The van der Waals surface area contributed by atoms with Crippen molar-refractivity contribution in [2.45, 2.75) is 19.0 Å². The molecule has 4 nitrogen and oxygen atoms in total. The van der Waals surface area contributed by atoms with Gasteiger partial charge in [0.2, 0.25) is 5.91 Å². The fourth-order valence-corrected chi connectivity index (χ4v) is 2.01. The molecule has 19 heavy (non-hydrogen) atoms. The van der Waals surface area contributed by atoms with Gasteiger partial charge >= 0.3 is 6.18 Å². The van der Waals surface area contributed by atoms with Gasteiger partial charge in [0, 0.05) is 19.3 Å². The van der Waals surface area contributed by atoms with Crippen LogP contribution >= 0.6 is 0 Å². The zero-order valence-electron chi connectivity index (χ0n) is 10.2. The Labute approximate surface area is 108 Å². The molecule has 1 fully saturated rings. The van der Waals surface area contributed by atoms with Crippen LogP contribution in [-0.4, -0.2) is 35.4 Å². The summed E-state index contributed by atoms with van der Waals surface area (Å²) in [6.07, 6.45) is -1.32. The second kappa shape index (κ2) is 5.46. The topological polar surface area (TPSA) is 45.2 Å². The van der Waals surface area contributed by atoms with Crippen molar-refractivity contribution in [1.82, 2.24) is 9.88 Å². The van der Waals surface area contributed by atoms with E-state index in [-0.39, 0.29) is 18.3 Å². The van der Waals surface area contributed by atoms with E-state index < -0.39 is 11.7 Å². The SMILES string of the molecule is O=C(CNc1ncccc1C(F)(F)F)N1CCCC1. The van der Waals surface area contributed by atoms with Crippen LogP contribution in [0.1, 0.15) is 18.4 Å². The molecule has 0 atom stereocenters. The first-order chi connectivity index (χ1) is 8.98. The van der Waals surface area contributed by atoms with E-state index in [9.17, 15) is 18.0 Å². The summed E-state index contributed by atoms with van der Waals surface area (Å²) in [5, 5.41) is 2.47. The van der Waals surface area contributed by atoms with Crippen molar-refractivity contribution < 1.29 is 18.0 Å². The number of rotatable bonds is 3. The molecule has 1 aromatic rings. The minimum Gasteiger partial charge on any atom is -0.360 e. The van der Waals surface area contributed by atoms with Crippen LogP contribution in [-0.2, 0) is 11.0 Å². The number of halogens is 3. The number of likely N-dealkylation sites (tertiary alicyclic amines) is 1. The third-order valence-electron chi connectivity index (χ3n) is 2.98. The maximum absolute atomic E-state index is 12.7. The lowest BCUT2D eigenvalue weighted by Gasteiger charge is -2.17. The van der Waals surface area contributed by atoms with Crippen LogP contribution in [0.15, 0.2) is 18.3 Å². The Morgan fingerprint density at radius 2 is 2.05 bits per heavy atom. The number of carbonyl (C=O) groups excluding carboxylic acids is 1. The number of amides is 1. The molecular weight excluding hydrogens is 259 g/mol. The van der Waals surface area contributed by atoms with Gasteiger partial charge in [-0.05, 0) is 25.0 Å². The van der Waals surface area contributed by atoms with Crippen molar-refractivity contribution >= 4 is 11.7 Å². The highest BCUT2D eigenvalue weighted by Gasteiger charge is 2.34. The van der Waals surface area contributed by atoms with Gasteiger partial charge in [0.15, 0.2) is 0 Å². The number of hydrogen-bond acceptors (Lipinski definition) is 3. The maximum Gasteiger partial charge on any atom is 0.419 e. The van der Waals surface area contributed by atoms with Crippen LogP contribution in [0.5, 0.6) is 0 Å². The van der Waals surface area contributed by atoms with Crippen molar-refractivity contribution in [2.24, 2.45) is 0 Å². The molecule has 0 saturated carbocycles. The highest BCUT2D eigenvalue weighted by Crippen LogP contribution is 2.33. The van der Waals surface area contributed by atoms with Gasteiger partial charge < -0.3 is 10.2 Å². The molecule has 0 unspecified atom stereocenters. The second-order valence-corrected chi connectivity index (χ2v) is 4.34. The number of carbonyl (C=O) groups is 1. The monoisotopic (exact) mass is 273 g/mol. The van der Waals surface area contributed by atoms with Gasteiger partial charge in [-0.25, -0.2) is 4.98 Å². The predicted molar refractivity (Wildman–Crippen MR) is 63.5 cm³/mol. The number of alkyl halides is 3. The largest absolute Gasteiger partial charge is 0.419 e. The molecule has 0 bridgehead atoms. The minimum absolute atomic E-state index is 0.167. The van der Waals surface area contributed by atoms with Gasteiger partial charge in [0.1, 0.15) is 5.82 Å². The number of hydrogen-bond donors (Lipinski definition) is 1. The van der Waals surface area contributed by atoms with Crippen LogP contribution in [0.4, 0.5) is 19.0 Å². The van der Waals surface area contributed by atoms with E-state index in [0.717, 1.165) is 18.9 Å². The first kappa shape index (κ1) is 13.6. The van der Waals surface area contributed by atoms with Gasteiger partial charge in [-0.15, -0.1) is 0 Å². The lowest BCUT2D eigenvalue weighted by atomic mass is 10.2. The Bertz CT molecular complexity index is 456. The van der Waals surface area contributed by atoms with E-state index in [1.54, 1.807) is 4.90 Å². The van der Waals surface area contributed by atoms with E-state index in [1.165, 1.54) is 12.3 Å². The minimum atomic E-state index is -4.48. The molecule has 2 rings (SSSR count). The molecule has 2 heterocycles. The summed E-state index contributed by atoms with van der Waals surface area (Å²) in [6, 6.07) is 2.16. The molecule has 1 N–H and O–H groups in total. The predicted octanol–water partition coefficient (Wildman–Crippen LogP) is 2.13. The van der Waals surface area contributed by atoms with Gasteiger partial charge in [-0.3, -0.25) is 4.79 Å².